The fourth-order valence-corrected chi connectivity index (χ4v) is 5.21. The number of rotatable bonds is 2. The van der Waals surface area contributed by atoms with Gasteiger partial charge in [0.25, 0.3) is 0 Å². The van der Waals surface area contributed by atoms with Gasteiger partial charge < -0.3 is 0 Å². The lowest BCUT2D eigenvalue weighted by molar-refractivity contribution is -0.718. The maximum absolute atomic E-state index is 2.51. The minimum absolute atomic E-state index is 0.580. The van der Waals surface area contributed by atoms with Gasteiger partial charge in [-0.1, -0.05) is 32.0 Å². The van der Waals surface area contributed by atoms with Crippen molar-refractivity contribution in [3.05, 3.63) is 54.2 Å². The molecule has 0 N–H and O–H groups in total. The van der Waals surface area contributed by atoms with Gasteiger partial charge in [-0.3, -0.25) is 0 Å². The van der Waals surface area contributed by atoms with E-state index in [0.29, 0.717) is 12.0 Å². The molecule has 21 heavy (non-hydrogen) atoms. The Balaban J connectivity index is 2.10. The van der Waals surface area contributed by atoms with E-state index in [9.17, 15) is 0 Å². The van der Waals surface area contributed by atoms with Crippen molar-refractivity contribution in [2.24, 2.45) is 0 Å². The van der Waals surface area contributed by atoms with Crippen LogP contribution in [-0.2, 0) is 0 Å². The highest BCUT2D eigenvalue weighted by Gasteiger charge is 2.40. The summed E-state index contributed by atoms with van der Waals surface area (Å²) in [6.45, 7) is 4.65. The average molecular weight is 294 g/mol. The van der Waals surface area contributed by atoms with Crippen LogP contribution in [0.4, 0.5) is 0 Å². The van der Waals surface area contributed by atoms with E-state index in [0.717, 1.165) is 0 Å². The normalized spacial score (nSPS) is 20.3. The highest BCUT2D eigenvalue weighted by molar-refractivity contribution is 7.22. The molecule has 0 amide bonds. The molecule has 1 aliphatic rings. The summed E-state index contributed by atoms with van der Waals surface area (Å²) in [5.41, 5.74) is 2.99. The minimum atomic E-state index is 0.580. The number of hydrogen-bond acceptors (Lipinski definition) is 1. The lowest BCUT2D eigenvalue weighted by Gasteiger charge is -2.27. The van der Waals surface area contributed by atoms with Crippen LogP contribution in [0.25, 0.3) is 20.7 Å². The number of benzene rings is 1. The van der Waals surface area contributed by atoms with Crippen LogP contribution in [0.15, 0.2) is 48.7 Å². The van der Waals surface area contributed by atoms with Crippen LogP contribution in [0.2, 0.25) is 0 Å². The molecule has 1 nitrogen and oxygen atoms in total. The Morgan fingerprint density at radius 3 is 2.62 bits per heavy atom. The predicted molar refractivity (Wildman–Crippen MR) is 89.8 cm³/mol. The summed E-state index contributed by atoms with van der Waals surface area (Å²) in [4.78, 5) is 1.48. The molecule has 0 radical (unpaired) electrons. The number of thiophene rings is 1. The van der Waals surface area contributed by atoms with Crippen molar-refractivity contribution in [2.75, 3.05) is 0 Å². The first-order chi connectivity index (χ1) is 10.3. The third-order valence-electron chi connectivity index (χ3n) is 4.81. The van der Waals surface area contributed by atoms with Crippen molar-refractivity contribution in [1.29, 1.82) is 0 Å². The lowest BCUT2D eigenvalue weighted by atomic mass is 9.82. The maximum Gasteiger partial charge on any atom is 0.223 e. The minimum Gasteiger partial charge on any atom is -0.194 e. The van der Waals surface area contributed by atoms with Crippen LogP contribution in [0.3, 0.4) is 0 Å². The van der Waals surface area contributed by atoms with Crippen molar-refractivity contribution in [1.82, 2.24) is 0 Å². The average Bonchev–Trinajstić information content (AvgIpc) is 2.93. The van der Waals surface area contributed by atoms with Gasteiger partial charge in [0.15, 0.2) is 12.2 Å². The quantitative estimate of drug-likeness (QED) is 0.564. The lowest BCUT2D eigenvalue weighted by Crippen LogP contribution is -2.46. The van der Waals surface area contributed by atoms with Crippen molar-refractivity contribution in [3.63, 3.8) is 0 Å². The number of nitrogens with zero attached hydrogens (tertiary/aromatic N) is 1. The summed E-state index contributed by atoms with van der Waals surface area (Å²) in [5.74, 6) is 0.626. The summed E-state index contributed by atoms with van der Waals surface area (Å²) in [6.07, 6.45) is 4.65. The first-order valence-electron chi connectivity index (χ1n) is 7.87. The molecule has 3 aromatic rings. The Kier molecular flexibility index (Phi) is 3.07. The first-order valence-corrected chi connectivity index (χ1v) is 8.68. The van der Waals surface area contributed by atoms with E-state index in [1.807, 2.05) is 11.3 Å². The summed E-state index contributed by atoms with van der Waals surface area (Å²) < 4.78 is 3.93. The molecular formula is C19H20NS+. The number of fused-ring (bicyclic) bond motifs is 5. The zero-order chi connectivity index (χ0) is 14.4. The van der Waals surface area contributed by atoms with Crippen LogP contribution >= 0.6 is 11.3 Å². The van der Waals surface area contributed by atoms with Gasteiger partial charge in [0.1, 0.15) is 4.88 Å². The molecule has 4 rings (SSSR count). The molecule has 1 aromatic carbocycles. The maximum atomic E-state index is 2.51. The molecule has 0 fully saturated rings. The van der Waals surface area contributed by atoms with E-state index < -0.39 is 0 Å². The Morgan fingerprint density at radius 1 is 1.00 bits per heavy atom. The zero-order valence-electron chi connectivity index (χ0n) is 12.5. The molecule has 2 unspecified atom stereocenters. The van der Waals surface area contributed by atoms with Gasteiger partial charge in [-0.05, 0) is 29.5 Å². The largest absolute Gasteiger partial charge is 0.223 e. The Bertz CT molecular complexity index is 802. The third-order valence-corrected chi connectivity index (χ3v) is 6.02. The number of hydrogen-bond donors (Lipinski definition) is 0. The van der Waals surface area contributed by atoms with Crippen molar-refractivity contribution in [2.45, 2.75) is 38.6 Å². The molecule has 0 spiro atoms. The topological polar surface area (TPSA) is 3.88 Å². The monoisotopic (exact) mass is 294 g/mol. The van der Waals surface area contributed by atoms with Gasteiger partial charge in [-0.15, -0.1) is 11.3 Å². The second-order valence-electron chi connectivity index (χ2n) is 5.82. The van der Waals surface area contributed by atoms with Crippen LogP contribution in [0.5, 0.6) is 0 Å². The van der Waals surface area contributed by atoms with E-state index in [2.05, 4.69) is 67.1 Å². The zero-order valence-corrected chi connectivity index (χ0v) is 13.4. The summed E-state index contributed by atoms with van der Waals surface area (Å²) in [5, 5.41) is 1.47. The van der Waals surface area contributed by atoms with Crippen molar-refractivity contribution >= 4 is 21.4 Å². The molecule has 0 bridgehead atoms. The predicted octanol–water partition coefficient (Wildman–Crippen LogP) is 5.31. The van der Waals surface area contributed by atoms with E-state index in [4.69, 9.17) is 0 Å². The summed E-state index contributed by atoms with van der Waals surface area (Å²) in [7, 11) is 0. The molecular weight excluding hydrogens is 274 g/mol. The second kappa shape index (κ2) is 4.96. The van der Waals surface area contributed by atoms with Crippen molar-refractivity contribution in [3.8, 4) is 10.6 Å². The Morgan fingerprint density at radius 2 is 1.81 bits per heavy atom. The summed E-state index contributed by atoms with van der Waals surface area (Å²) in [6, 6.07) is 16.1. The molecule has 2 atom stereocenters. The molecule has 106 valence electrons. The van der Waals surface area contributed by atoms with Crippen LogP contribution in [0, 0.1) is 0 Å². The molecule has 1 aliphatic heterocycles. The number of aromatic nitrogens is 1. The van der Waals surface area contributed by atoms with Gasteiger partial charge in [0.2, 0.25) is 5.69 Å². The Labute approximate surface area is 129 Å². The van der Waals surface area contributed by atoms with Gasteiger partial charge in [0, 0.05) is 29.2 Å². The van der Waals surface area contributed by atoms with Gasteiger partial charge in [0.05, 0.1) is 0 Å². The summed E-state index contributed by atoms with van der Waals surface area (Å²) >= 11 is 1.95. The van der Waals surface area contributed by atoms with Crippen LogP contribution in [0.1, 0.15) is 44.2 Å². The fraction of sp³-hybridized carbons (Fsp3) is 0.316. The SMILES string of the molecule is CCC1c2c(sc3ccccc23)-c2cccc[n+]2C1CC. The van der Waals surface area contributed by atoms with Gasteiger partial charge in [-0.25, -0.2) is 0 Å². The molecule has 3 heterocycles. The smallest absolute Gasteiger partial charge is 0.194 e. The molecule has 0 aliphatic carbocycles. The molecule has 0 saturated heterocycles. The molecule has 2 heteroatoms. The van der Waals surface area contributed by atoms with E-state index in [-0.39, 0.29) is 0 Å². The van der Waals surface area contributed by atoms with E-state index in [1.165, 1.54) is 33.5 Å². The van der Waals surface area contributed by atoms with Crippen LogP contribution < -0.4 is 4.57 Å². The van der Waals surface area contributed by atoms with Gasteiger partial charge >= 0.3 is 0 Å². The third kappa shape index (κ3) is 1.78. The Hall–Kier alpha value is -1.67. The second-order valence-corrected chi connectivity index (χ2v) is 6.88. The molecule has 2 aromatic heterocycles. The highest BCUT2D eigenvalue weighted by atomic mass is 32.1. The van der Waals surface area contributed by atoms with Crippen LogP contribution in [-0.4, -0.2) is 0 Å². The van der Waals surface area contributed by atoms with Gasteiger partial charge in [-0.2, -0.15) is 4.57 Å². The van der Waals surface area contributed by atoms with E-state index in [1.54, 1.807) is 5.56 Å². The number of pyridine rings is 1. The standard InChI is InChI=1S/C19H20NS/c1-3-13-15(4-2)20-12-8-7-10-16(20)19-18(13)14-9-5-6-11-17(14)21-19/h5-13,15H,3-4H2,1-2H3/q+1. The van der Waals surface area contributed by atoms with Crippen molar-refractivity contribution < 1.29 is 4.57 Å². The van der Waals surface area contributed by atoms with E-state index >= 15 is 0 Å². The fourth-order valence-electron chi connectivity index (χ4n) is 3.91. The molecule has 0 saturated carbocycles. The highest BCUT2D eigenvalue weighted by Crippen LogP contribution is 2.48. The first kappa shape index (κ1) is 13.0.